The van der Waals surface area contributed by atoms with Crippen LogP contribution >= 0.6 is 0 Å². The van der Waals surface area contributed by atoms with Crippen LogP contribution in [-0.2, 0) is 0 Å². The van der Waals surface area contributed by atoms with Crippen LogP contribution in [0.15, 0.2) is 11.1 Å². The van der Waals surface area contributed by atoms with E-state index in [1.165, 1.54) is 11.1 Å². The number of aliphatic hydroxyl groups is 1. The van der Waals surface area contributed by atoms with E-state index in [4.69, 9.17) is 0 Å². The SMILES string of the molecule is CC1=C(C)CC(C)(C(O)C(C)C)CC1. The summed E-state index contributed by atoms with van der Waals surface area (Å²) < 4.78 is 0. The summed E-state index contributed by atoms with van der Waals surface area (Å²) in [4.78, 5) is 0. The maximum Gasteiger partial charge on any atom is 0.0619 e. The third-order valence-corrected chi connectivity index (χ3v) is 3.81. The lowest BCUT2D eigenvalue weighted by molar-refractivity contribution is -0.00666. The van der Waals surface area contributed by atoms with E-state index in [9.17, 15) is 5.11 Å². The minimum Gasteiger partial charge on any atom is -0.392 e. The molecule has 0 aromatic carbocycles. The van der Waals surface area contributed by atoms with E-state index >= 15 is 0 Å². The molecule has 1 nitrogen and oxygen atoms in total. The summed E-state index contributed by atoms with van der Waals surface area (Å²) in [5.41, 5.74) is 3.12. The normalized spacial score (nSPS) is 31.1. The molecule has 2 atom stereocenters. The highest BCUT2D eigenvalue weighted by Gasteiger charge is 2.36. The molecule has 0 aromatic heterocycles. The van der Waals surface area contributed by atoms with Crippen molar-refractivity contribution in [1.82, 2.24) is 0 Å². The molecule has 0 heterocycles. The highest BCUT2D eigenvalue weighted by Crippen LogP contribution is 2.43. The molecule has 0 bridgehead atoms. The van der Waals surface area contributed by atoms with Gasteiger partial charge in [-0.05, 0) is 44.4 Å². The average Bonchev–Trinajstić information content (AvgIpc) is 2.11. The van der Waals surface area contributed by atoms with Crippen LogP contribution in [0.25, 0.3) is 0 Å². The zero-order chi connectivity index (χ0) is 10.9. The summed E-state index contributed by atoms with van der Waals surface area (Å²) in [5, 5.41) is 10.2. The monoisotopic (exact) mass is 196 g/mol. The third-order valence-electron chi connectivity index (χ3n) is 3.81. The second kappa shape index (κ2) is 4.06. The number of allylic oxidation sites excluding steroid dienone is 2. The number of hydrogen-bond acceptors (Lipinski definition) is 1. The predicted octanol–water partition coefficient (Wildman–Crippen LogP) is 3.53. The van der Waals surface area contributed by atoms with Crippen molar-refractivity contribution in [3.63, 3.8) is 0 Å². The lowest BCUT2D eigenvalue weighted by Crippen LogP contribution is -2.38. The van der Waals surface area contributed by atoms with E-state index in [0.29, 0.717) is 5.92 Å². The molecule has 2 unspecified atom stereocenters. The van der Waals surface area contributed by atoms with Gasteiger partial charge in [0.25, 0.3) is 0 Å². The van der Waals surface area contributed by atoms with Crippen molar-refractivity contribution >= 4 is 0 Å². The largest absolute Gasteiger partial charge is 0.392 e. The summed E-state index contributed by atoms with van der Waals surface area (Å²) >= 11 is 0. The highest BCUT2D eigenvalue weighted by atomic mass is 16.3. The summed E-state index contributed by atoms with van der Waals surface area (Å²) in [5.74, 6) is 0.367. The maximum absolute atomic E-state index is 10.2. The van der Waals surface area contributed by atoms with Crippen molar-refractivity contribution in [2.75, 3.05) is 0 Å². The summed E-state index contributed by atoms with van der Waals surface area (Å²) in [7, 11) is 0. The van der Waals surface area contributed by atoms with E-state index in [2.05, 4.69) is 34.6 Å². The van der Waals surface area contributed by atoms with Crippen LogP contribution in [0.3, 0.4) is 0 Å². The van der Waals surface area contributed by atoms with Crippen molar-refractivity contribution in [2.45, 2.75) is 60.0 Å². The fraction of sp³-hybridized carbons (Fsp3) is 0.846. The molecule has 1 aliphatic rings. The van der Waals surface area contributed by atoms with Crippen LogP contribution in [0.2, 0.25) is 0 Å². The first-order valence-electron chi connectivity index (χ1n) is 5.70. The standard InChI is InChI=1S/C13H24O/c1-9(2)12(14)13(5)7-6-10(3)11(4)8-13/h9,12,14H,6-8H2,1-5H3. The fourth-order valence-corrected chi connectivity index (χ4v) is 2.59. The first-order chi connectivity index (χ1) is 6.37. The summed E-state index contributed by atoms with van der Waals surface area (Å²) in [6.07, 6.45) is 3.20. The van der Waals surface area contributed by atoms with E-state index < -0.39 is 0 Å². The van der Waals surface area contributed by atoms with Gasteiger partial charge in [-0.15, -0.1) is 0 Å². The van der Waals surface area contributed by atoms with Crippen LogP contribution in [0.4, 0.5) is 0 Å². The Labute approximate surface area is 88.2 Å². The quantitative estimate of drug-likeness (QED) is 0.670. The van der Waals surface area contributed by atoms with Gasteiger partial charge < -0.3 is 5.11 Å². The maximum atomic E-state index is 10.2. The Kier molecular flexibility index (Phi) is 3.41. The second-order valence-corrected chi connectivity index (χ2v) is 5.58. The van der Waals surface area contributed by atoms with Crippen molar-refractivity contribution in [1.29, 1.82) is 0 Å². The van der Waals surface area contributed by atoms with Crippen molar-refractivity contribution in [2.24, 2.45) is 11.3 Å². The Morgan fingerprint density at radius 2 is 1.79 bits per heavy atom. The Morgan fingerprint density at radius 3 is 2.21 bits per heavy atom. The Bertz CT molecular complexity index is 240. The molecule has 14 heavy (non-hydrogen) atoms. The van der Waals surface area contributed by atoms with Crippen LogP contribution < -0.4 is 0 Å². The first-order valence-corrected chi connectivity index (χ1v) is 5.70. The van der Waals surface area contributed by atoms with Crippen molar-refractivity contribution in [3.05, 3.63) is 11.1 Å². The van der Waals surface area contributed by atoms with Crippen LogP contribution in [-0.4, -0.2) is 11.2 Å². The van der Waals surface area contributed by atoms with Gasteiger partial charge in [-0.1, -0.05) is 31.9 Å². The van der Waals surface area contributed by atoms with Gasteiger partial charge in [-0.2, -0.15) is 0 Å². The number of hydrogen-bond donors (Lipinski definition) is 1. The molecule has 82 valence electrons. The molecular weight excluding hydrogens is 172 g/mol. The lowest BCUT2D eigenvalue weighted by Gasteiger charge is -2.40. The van der Waals surface area contributed by atoms with Gasteiger partial charge in [0.05, 0.1) is 6.10 Å². The average molecular weight is 196 g/mol. The smallest absolute Gasteiger partial charge is 0.0619 e. The van der Waals surface area contributed by atoms with Crippen LogP contribution in [0.1, 0.15) is 53.9 Å². The van der Waals surface area contributed by atoms with Crippen molar-refractivity contribution in [3.8, 4) is 0 Å². The van der Waals surface area contributed by atoms with Gasteiger partial charge in [0.15, 0.2) is 0 Å². The van der Waals surface area contributed by atoms with E-state index in [-0.39, 0.29) is 11.5 Å². The Hall–Kier alpha value is -0.300. The molecule has 1 N–H and O–H groups in total. The molecule has 0 aromatic rings. The lowest BCUT2D eigenvalue weighted by atomic mass is 9.67. The number of aliphatic hydroxyl groups excluding tert-OH is 1. The van der Waals surface area contributed by atoms with Gasteiger partial charge in [0.2, 0.25) is 0 Å². The summed E-state index contributed by atoms with van der Waals surface area (Å²) in [6, 6.07) is 0. The van der Waals surface area contributed by atoms with E-state index in [0.717, 1.165) is 19.3 Å². The van der Waals surface area contributed by atoms with E-state index in [1.54, 1.807) is 0 Å². The van der Waals surface area contributed by atoms with Gasteiger partial charge in [0, 0.05) is 0 Å². The molecule has 0 saturated carbocycles. The highest BCUT2D eigenvalue weighted by molar-refractivity contribution is 5.17. The Morgan fingerprint density at radius 1 is 1.21 bits per heavy atom. The second-order valence-electron chi connectivity index (χ2n) is 5.58. The zero-order valence-electron chi connectivity index (χ0n) is 10.2. The van der Waals surface area contributed by atoms with Gasteiger partial charge in [-0.25, -0.2) is 0 Å². The number of rotatable bonds is 2. The molecule has 1 aliphatic carbocycles. The molecule has 0 spiro atoms. The third kappa shape index (κ3) is 2.20. The molecule has 0 amide bonds. The van der Waals surface area contributed by atoms with Crippen LogP contribution in [0, 0.1) is 11.3 Å². The molecule has 0 radical (unpaired) electrons. The van der Waals surface area contributed by atoms with Crippen LogP contribution in [0.5, 0.6) is 0 Å². The van der Waals surface area contributed by atoms with Gasteiger partial charge >= 0.3 is 0 Å². The minimum absolute atomic E-state index is 0.109. The van der Waals surface area contributed by atoms with Gasteiger partial charge in [-0.3, -0.25) is 0 Å². The molecule has 0 saturated heterocycles. The van der Waals surface area contributed by atoms with Crippen molar-refractivity contribution < 1.29 is 5.11 Å². The fourth-order valence-electron chi connectivity index (χ4n) is 2.59. The van der Waals surface area contributed by atoms with E-state index in [1.807, 2.05) is 0 Å². The Balaban J connectivity index is 2.79. The zero-order valence-corrected chi connectivity index (χ0v) is 10.2. The van der Waals surface area contributed by atoms with Gasteiger partial charge in [0.1, 0.15) is 0 Å². The molecule has 1 rings (SSSR count). The predicted molar refractivity (Wildman–Crippen MR) is 61.2 cm³/mol. The topological polar surface area (TPSA) is 20.2 Å². The summed E-state index contributed by atoms with van der Waals surface area (Å²) in [6.45, 7) is 10.9. The molecule has 0 fully saturated rings. The first kappa shape index (κ1) is 11.8. The minimum atomic E-state index is -0.162. The molecular formula is C13H24O. The molecule has 0 aliphatic heterocycles. The molecule has 1 heteroatoms.